The molecule has 0 saturated carbocycles. The zero-order chi connectivity index (χ0) is 18.3. The Labute approximate surface area is 151 Å². The van der Waals surface area contributed by atoms with E-state index < -0.39 is 5.97 Å². The van der Waals surface area contributed by atoms with Crippen molar-refractivity contribution in [3.8, 4) is 28.2 Å². The lowest BCUT2D eigenvalue weighted by Crippen LogP contribution is -2.07. The number of phenols is 1. The van der Waals surface area contributed by atoms with Crippen LogP contribution < -0.4 is 5.43 Å². The predicted molar refractivity (Wildman–Crippen MR) is 99.9 cm³/mol. The van der Waals surface area contributed by atoms with Crippen LogP contribution in [0.1, 0.15) is 10.4 Å². The molecule has 5 nitrogen and oxygen atoms in total. The third-order valence-corrected chi connectivity index (χ3v) is 4.76. The molecule has 0 spiro atoms. The minimum absolute atomic E-state index is 0.00970. The Morgan fingerprint density at radius 1 is 1.00 bits per heavy atom. The molecule has 0 fully saturated rings. The highest BCUT2D eigenvalue weighted by Crippen LogP contribution is 2.34. The molecule has 4 rings (SSSR count). The van der Waals surface area contributed by atoms with Crippen molar-refractivity contribution in [1.29, 1.82) is 0 Å². The van der Waals surface area contributed by atoms with Crippen LogP contribution in [0.5, 0.6) is 5.75 Å². The van der Waals surface area contributed by atoms with E-state index in [1.165, 1.54) is 41.7 Å². The zero-order valence-electron chi connectivity index (χ0n) is 13.3. The number of carboxylic acid groups (broad SMARTS) is 1. The van der Waals surface area contributed by atoms with Gasteiger partial charge < -0.3 is 14.6 Å². The average Bonchev–Trinajstić information content (AvgIpc) is 3.16. The number of aromatic hydroxyl groups is 1. The molecule has 2 heterocycles. The second-order valence-electron chi connectivity index (χ2n) is 5.71. The van der Waals surface area contributed by atoms with Crippen LogP contribution >= 0.6 is 11.3 Å². The van der Waals surface area contributed by atoms with Crippen LogP contribution in [0.3, 0.4) is 0 Å². The number of hydrogen-bond acceptors (Lipinski definition) is 5. The maximum absolute atomic E-state index is 13.1. The second kappa shape index (κ2) is 6.16. The molecule has 0 bridgehead atoms. The lowest BCUT2D eigenvalue weighted by atomic mass is 9.98. The van der Waals surface area contributed by atoms with Gasteiger partial charge in [0.05, 0.1) is 16.5 Å². The number of carboxylic acids is 1. The van der Waals surface area contributed by atoms with E-state index in [4.69, 9.17) is 9.52 Å². The first-order chi connectivity index (χ1) is 12.5. The largest absolute Gasteiger partial charge is 0.508 e. The van der Waals surface area contributed by atoms with Crippen LogP contribution in [0.2, 0.25) is 0 Å². The quantitative estimate of drug-likeness (QED) is 0.555. The van der Waals surface area contributed by atoms with Gasteiger partial charge >= 0.3 is 5.97 Å². The molecular weight excluding hydrogens is 352 g/mol. The number of thiophene rings is 1. The number of benzene rings is 2. The zero-order valence-corrected chi connectivity index (χ0v) is 14.1. The third-order valence-electron chi connectivity index (χ3n) is 4.08. The standard InChI is InChI=1S/C20H12O5S/c21-14-5-6-15-16(9-14)25-19(13-7-8-26-10-13)17(18(15)22)11-1-3-12(4-2-11)20(23)24/h1-10,21H,(H,23,24). The number of rotatable bonds is 3. The normalized spacial score (nSPS) is 10.9. The minimum atomic E-state index is -1.03. The van der Waals surface area contributed by atoms with Crippen molar-refractivity contribution in [2.24, 2.45) is 0 Å². The van der Waals surface area contributed by atoms with Crippen molar-refractivity contribution in [1.82, 2.24) is 0 Å². The summed E-state index contributed by atoms with van der Waals surface area (Å²) in [6.07, 6.45) is 0. The van der Waals surface area contributed by atoms with Gasteiger partial charge in [0.25, 0.3) is 0 Å². The molecule has 0 unspecified atom stereocenters. The van der Waals surface area contributed by atoms with Crippen molar-refractivity contribution in [2.45, 2.75) is 0 Å². The molecule has 26 heavy (non-hydrogen) atoms. The molecule has 0 aliphatic heterocycles. The SMILES string of the molecule is O=C(O)c1ccc(-c2c(-c3ccsc3)oc3cc(O)ccc3c2=O)cc1. The van der Waals surface area contributed by atoms with Gasteiger partial charge in [-0.2, -0.15) is 11.3 Å². The fourth-order valence-electron chi connectivity index (χ4n) is 2.82. The summed E-state index contributed by atoms with van der Waals surface area (Å²) in [5.74, 6) is -0.636. The van der Waals surface area contributed by atoms with E-state index in [1.54, 1.807) is 12.1 Å². The smallest absolute Gasteiger partial charge is 0.335 e. The van der Waals surface area contributed by atoms with Crippen molar-refractivity contribution in [2.75, 3.05) is 0 Å². The van der Waals surface area contributed by atoms with Gasteiger partial charge in [-0.15, -0.1) is 0 Å². The second-order valence-corrected chi connectivity index (χ2v) is 6.49. The highest BCUT2D eigenvalue weighted by Gasteiger charge is 2.19. The summed E-state index contributed by atoms with van der Waals surface area (Å²) in [5.41, 5.74) is 1.87. The summed E-state index contributed by atoms with van der Waals surface area (Å²) < 4.78 is 5.96. The molecule has 4 aromatic rings. The summed E-state index contributed by atoms with van der Waals surface area (Å²) >= 11 is 1.47. The molecule has 0 amide bonds. The van der Waals surface area contributed by atoms with Gasteiger partial charge in [0, 0.05) is 17.0 Å². The van der Waals surface area contributed by atoms with Crippen LogP contribution in [0.25, 0.3) is 33.4 Å². The first-order valence-electron chi connectivity index (χ1n) is 7.71. The molecule has 2 aromatic heterocycles. The van der Waals surface area contributed by atoms with Crippen LogP contribution in [0, 0.1) is 0 Å². The van der Waals surface area contributed by atoms with Gasteiger partial charge in [0.2, 0.25) is 5.43 Å². The van der Waals surface area contributed by atoms with E-state index in [0.717, 1.165) is 5.56 Å². The van der Waals surface area contributed by atoms with E-state index in [2.05, 4.69) is 0 Å². The Hall–Kier alpha value is -3.38. The average molecular weight is 364 g/mol. The summed E-state index contributed by atoms with van der Waals surface area (Å²) in [6.45, 7) is 0. The van der Waals surface area contributed by atoms with Gasteiger partial charge in [-0.1, -0.05) is 12.1 Å². The van der Waals surface area contributed by atoms with Crippen molar-refractivity contribution in [3.63, 3.8) is 0 Å². The maximum atomic E-state index is 13.1. The minimum Gasteiger partial charge on any atom is -0.508 e. The molecule has 6 heteroatoms. The van der Waals surface area contributed by atoms with Crippen LogP contribution in [-0.2, 0) is 0 Å². The molecule has 0 aliphatic rings. The summed E-state index contributed by atoms with van der Waals surface area (Å²) in [4.78, 5) is 24.2. The van der Waals surface area contributed by atoms with E-state index in [1.807, 2.05) is 16.8 Å². The van der Waals surface area contributed by atoms with Crippen LogP contribution in [0.4, 0.5) is 0 Å². The number of hydrogen-bond donors (Lipinski definition) is 2. The van der Waals surface area contributed by atoms with E-state index in [-0.39, 0.29) is 16.7 Å². The van der Waals surface area contributed by atoms with E-state index in [0.29, 0.717) is 27.9 Å². The van der Waals surface area contributed by atoms with Gasteiger partial charge in [0.15, 0.2) is 0 Å². The highest BCUT2D eigenvalue weighted by molar-refractivity contribution is 7.08. The lowest BCUT2D eigenvalue weighted by Gasteiger charge is -2.10. The van der Waals surface area contributed by atoms with Gasteiger partial charge in [-0.25, -0.2) is 4.79 Å². The fraction of sp³-hybridized carbons (Fsp3) is 0. The van der Waals surface area contributed by atoms with Crippen molar-refractivity contribution >= 4 is 28.3 Å². The first kappa shape index (κ1) is 16.1. The predicted octanol–water partition coefficient (Wildman–Crippen LogP) is 4.59. The van der Waals surface area contributed by atoms with Crippen LogP contribution in [0.15, 0.2) is 68.5 Å². The topological polar surface area (TPSA) is 87.7 Å². The van der Waals surface area contributed by atoms with E-state index >= 15 is 0 Å². The highest BCUT2D eigenvalue weighted by atomic mass is 32.1. The number of aromatic carboxylic acids is 1. The fourth-order valence-corrected chi connectivity index (χ4v) is 3.46. The van der Waals surface area contributed by atoms with Crippen molar-refractivity contribution < 1.29 is 19.4 Å². The molecule has 0 radical (unpaired) electrons. The monoisotopic (exact) mass is 364 g/mol. The maximum Gasteiger partial charge on any atom is 0.335 e. The summed E-state index contributed by atoms with van der Waals surface area (Å²) in [6, 6.07) is 12.3. The number of carbonyl (C=O) groups is 1. The molecular formula is C20H12O5S. The van der Waals surface area contributed by atoms with Gasteiger partial charge in [-0.3, -0.25) is 4.79 Å². The molecule has 2 aromatic carbocycles. The molecule has 0 atom stereocenters. The molecule has 0 saturated heterocycles. The van der Waals surface area contributed by atoms with E-state index in [9.17, 15) is 14.7 Å². The summed E-state index contributed by atoms with van der Waals surface area (Å²) in [5, 5.41) is 22.9. The van der Waals surface area contributed by atoms with Crippen molar-refractivity contribution in [3.05, 3.63) is 75.1 Å². The third kappa shape index (κ3) is 2.66. The number of fused-ring (bicyclic) bond motifs is 1. The Balaban J connectivity index is 2.04. The summed E-state index contributed by atoms with van der Waals surface area (Å²) in [7, 11) is 0. The Morgan fingerprint density at radius 2 is 1.77 bits per heavy atom. The molecule has 2 N–H and O–H groups in total. The van der Waals surface area contributed by atoms with Crippen LogP contribution in [-0.4, -0.2) is 16.2 Å². The van der Waals surface area contributed by atoms with Gasteiger partial charge in [0.1, 0.15) is 17.1 Å². The molecule has 0 aliphatic carbocycles. The Kier molecular flexibility index (Phi) is 3.82. The lowest BCUT2D eigenvalue weighted by molar-refractivity contribution is 0.0697. The molecule has 128 valence electrons. The Bertz CT molecular complexity index is 1170. The Morgan fingerprint density at radius 3 is 2.42 bits per heavy atom. The van der Waals surface area contributed by atoms with Gasteiger partial charge in [-0.05, 0) is 41.3 Å². The number of phenolic OH excluding ortho intramolecular Hbond substituents is 1. The first-order valence-corrected chi connectivity index (χ1v) is 8.65.